The third-order valence-corrected chi connectivity index (χ3v) is 6.01. The molecule has 2 fully saturated rings. The Labute approximate surface area is 161 Å². The van der Waals surface area contributed by atoms with Crippen molar-refractivity contribution in [1.29, 1.82) is 0 Å². The number of carbonyl (C=O) groups is 1. The lowest BCUT2D eigenvalue weighted by Crippen LogP contribution is -2.42. The third-order valence-electron chi connectivity index (χ3n) is 6.01. The Morgan fingerprint density at radius 2 is 1.81 bits per heavy atom. The molecule has 0 unspecified atom stereocenters. The number of hydrogen-bond donors (Lipinski definition) is 0. The monoisotopic (exact) mass is 364 g/mol. The van der Waals surface area contributed by atoms with Gasteiger partial charge in [-0.1, -0.05) is 18.9 Å². The number of pyridine rings is 1. The van der Waals surface area contributed by atoms with Gasteiger partial charge in [-0.2, -0.15) is 0 Å². The number of amides is 1. The van der Waals surface area contributed by atoms with Crippen molar-refractivity contribution in [3.63, 3.8) is 0 Å². The van der Waals surface area contributed by atoms with Crippen LogP contribution in [0, 0.1) is 5.92 Å². The lowest BCUT2D eigenvalue weighted by molar-refractivity contribution is -0.136. The molecule has 0 radical (unpaired) electrons. The molecule has 0 N–H and O–H groups in total. The van der Waals surface area contributed by atoms with Crippen molar-refractivity contribution in [3.05, 3.63) is 48.2 Å². The van der Waals surface area contributed by atoms with Crippen molar-refractivity contribution in [2.45, 2.75) is 44.4 Å². The molecule has 142 valence electrons. The predicted octanol–water partition coefficient (Wildman–Crippen LogP) is 4.65. The summed E-state index contributed by atoms with van der Waals surface area (Å²) >= 11 is 0. The van der Waals surface area contributed by atoms with Crippen LogP contribution in [-0.4, -0.2) is 36.0 Å². The fourth-order valence-electron chi connectivity index (χ4n) is 4.45. The lowest BCUT2D eigenvalue weighted by atomic mass is 9.92. The fraction of sp³-hybridized carbons (Fsp3) is 0.478. The minimum atomic E-state index is 0.266. The third kappa shape index (κ3) is 4.00. The van der Waals surface area contributed by atoms with Crippen LogP contribution in [0.1, 0.15) is 50.1 Å². The lowest BCUT2D eigenvalue weighted by Gasteiger charge is -2.34. The van der Waals surface area contributed by atoms with Gasteiger partial charge in [0.1, 0.15) is 5.75 Å². The Morgan fingerprint density at radius 3 is 2.56 bits per heavy atom. The zero-order valence-corrected chi connectivity index (χ0v) is 16.1. The normalized spacial score (nSPS) is 20.6. The molecule has 1 aliphatic carbocycles. The van der Waals surface area contributed by atoms with Crippen LogP contribution in [0.4, 0.5) is 0 Å². The Kier molecular flexibility index (Phi) is 5.42. The summed E-state index contributed by atoms with van der Waals surface area (Å²) < 4.78 is 5.24. The van der Waals surface area contributed by atoms with Crippen molar-refractivity contribution < 1.29 is 9.53 Å². The van der Waals surface area contributed by atoms with Crippen LogP contribution >= 0.6 is 0 Å². The molecule has 0 bridgehead atoms. The number of methoxy groups -OCH3 is 1. The highest BCUT2D eigenvalue weighted by Crippen LogP contribution is 2.32. The van der Waals surface area contributed by atoms with E-state index in [1.807, 2.05) is 24.3 Å². The number of piperidine rings is 1. The van der Waals surface area contributed by atoms with Crippen molar-refractivity contribution >= 4 is 5.91 Å². The molecule has 1 atom stereocenters. The molecule has 4 nitrogen and oxygen atoms in total. The first-order valence-corrected chi connectivity index (χ1v) is 10.1. The largest absolute Gasteiger partial charge is 0.497 e. The van der Waals surface area contributed by atoms with Gasteiger partial charge in [0.2, 0.25) is 5.91 Å². The molecule has 2 heterocycles. The van der Waals surface area contributed by atoms with Crippen LogP contribution < -0.4 is 4.74 Å². The van der Waals surface area contributed by atoms with E-state index in [2.05, 4.69) is 23.1 Å². The topological polar surface area (TPSA) is 42.4 Å². The average Bonchev–Trinajstić information content (AvgIpc) is 3.28. The van der Waals surface area contributed by atoms with Gasteiger partial charge in [-0.05, 0) is 62.1 Å². The highest BCUT2D eigenvalue weighted by molar-refractivity contribution is 5.79. The minimum absolute atomic E-state index is 0.266. The molecule has 1 amide bonds. The number of carbonyl (C=O) groups excluding carboxylic acids is 1. The molecule has 27 heavy (non-hydrogen) atoms. The average molecular weight is 364 g/mol. The zero-order chi connectivity index (χ0) is 18.6. The number of aromatic nitrogens is 1. The van der Waals surface area contributed by atoms with Gasteiger partial charge in [0, 0.05) is 36.2 Å². The standard InChI is InChI=1S/C23H28N2O2/c1-27-20-13-11-17(12-14-20)21-9-4-10-22(24-21)19-8-5-15-25(16-19)23(26)18-6-2-3-7-18/h4,9-14,18-19H,2-3,5-8,15-16H2,1H3/t19-/m1/s1. The van der Waals surface area contributed by atoms with E-state index in [9.17, 15) is 4.79 Å². The van der Waals surface area contributed by atoms with Gasteiger partial charge in [-0.25, -0.2) is 0 Å². The number of rotatable bonds is 4. The first-order valence-electron chi connectivity index (χ1n) is 10.1. The van der Waals surface area contributed by atoms with Crippen LogP contribution in [0.3, 0.4) is 0 Å². The predicted molar refractivity (Wildman–Crippen MR) is 107 cm³/mol. The molecule has 1 saturated carbocycles. The Balaban J connectivity index is 1.49. The summed E-state index contributed by atoms with van der Waals surface area (Å²) in [7, 11) is 1.68. The van der Waals surface area contributed by atoms with E-state index in [1.165, 1.54) is 12.8 Å². The highest BCUT2D eigenvalue weighted by Gasteiger charge is 2.31. The van der Waals surface area contributed by atoms with E-state index in [0.29, 0.717) is 11.8 Å². The van der Waals surface area contributed by atoms with E-state index in [-0.39, 0.29) is 5.92 Å². The quantitative estimate of drug-likeness (QED) is 0.793. The van der Waals surface area contributed by atoms with Crippen LogP contribution in [0.25, 0.3) is 11.3 Å². The van der Waals surface area contributed by atoms with Gasteiger partial charge in [0.25, 0.3) is 0 Å². The number of benzene rings is 1. The number of likely N-dealkylation sites (tertiary alicyclic amines) is 1. The van der Waals surface area contributed by atoms with E-state index >= 15 is 0 Å². The van der Waals surface area contributed by atoms with E-state index in [0.717, 1.165) is 61.5 Å². The molecule has 0 spiro atoms. The molecule has 4 heteroatoms. The molecule has 2 aliphatic rings. The number of nitrogens with zero attached hydrogens (tertiary/aromatic N) is 2. The second kappa shape index (κ2) is 8.12. The Hall–Kier alpha value is -2.36. The summed E-state index contributed by atoms with van der Waals surface area (Å²) in [6.07, 6.45) is 6.74. The molecule has 1 aromatic heterocycles. The van der Waals surface area contributed by atoms with Gasteiger partial charge in [0.15, 0.2) is 0 Å². The maximum Gasteiger partial charge on any atom is 0.225 e. The number of ether oxygens (including phenoxy) is 1. The second-order valence-electron chi connectivity index (χ2n) is 7.78. The molecule has 2 aromatic rings. The number of hydrogen-bond acceptors (Lipinski definition) is 3. The van der Waals surface area contributed by atoms with Crippen molar-refractivity contribution in [2.24, 2.45) is 5.92 Å². The van der Waals surface area contributed by atoms with Crippen LogP contribution in [-0.2, 0) is 4.79 Å². The van der Waals surface area contributed by atoms with Gasteiger partial charge in [-0.15, -0.1) is 0 Å². The van der Waals surface area contributed by atoms with Crippen LogP contribution in [0.15, 0.2) is 42.5 Å². The smallest absolute Gasteiger partial charge is 0.225 e. The molecular formula is C23H28N2O2. The van der Waals surface area contributed by atoms with Crippen LogP contribution in [0.5, 0.6) is 5.75 Å². The first kappa shape index (κ1) is 18.0. The van der Waals surface area contributed by atoms with Crippen LogP contribution in [0.2, 0.25) is 0 Å². The Morgan fingerprint density at radius 1 is 1.04 bits per heavy atom. The van der Waals surface area contributed by atoms with E-state index in [4.69, 9.17) is 9.72 Å². The van der Waals surface area contributed by atoms with E-state index in [1.54, 1.807) is 7.11 Å². The zero-order valence-electron chi connectivity index (χ0n) is 16.1. The fourth-order valence-corrected chi connectivity index (χ4v) is 4.45. The minimum Gasteiger partial charge on any atom is -0.497 e. The van der Waals surface area contributed by atoms with Gasteiger partial charge >= 0.3 is 0 Å². The molecule has 4 rings (SSSR count). The summed E-state index contributed by atoms with van der Waals surface area (Å²) in [5.41, 5.74) is 3.17. The molecular weight excluding hydrogens is 336 g/mol. The van der Waals surface area contributed by atoms with Gasteiger partial charge < -0.3 is 9.64 Å². The second-order valence-corrected chi connectivity index (χ2v) is 7.78. The summed E-state index contributed by atoms with van der Waals surface area (Å²) in [4.78, 5) is 19.9. The summed E-state index contributed by atoms with van der Waals surface area (Å²) in [6.45, 7) is 1.72. The Bertz CT molecular complexity index is 781. The molecule has 1 saturated heterocycles. The summed E-state index contributed by atoms with van der Waals surface area (Å²) in [5.74, 6) is 1.83. The van der Waals surface area contributed by atoms with E-state index < -0.39 is 0 Å². The SMILES string of the molecule is COc1ccc(-c2cccc([C@@H]3CCCN(C(=O)C4CCCC4)C3)n2)cc1. The highest BCUT2D eigenvalue weighted by atomic mass is 16.5. The summed E-state index contributed by atoms with van der Waals surface area (Å²) in [6, 6.07) is 14.3. The van der Waals surface area contributed by atoms with Crippen molar-refractivity contribution in [1.82, 2.24) is 9.88 Å². The maximum atomic E-state index is 12.8. The van der Waals surface area contributed by atoms with Gasteiger partial charge in [-0.3, -0.25) is 9.78 Å². The van der Waals surface area contributed by atoms with Crippen molar-refractivity contribution in [3.8, 4) is 17.0 Å². The van der Waals surface area contributed by atoms with Gasteiger partial charge in [0.05, 0.1) is 12.8 Å². The maximum absolute atomic E-state index is 12.8. The first-order chi connectivity index (χ1) is 13.2. The summed E-state index contributed by atoms with van der Waals surface area (Å²) in [5, 5.41) is 0. The molecule has 1 aliphatic heterocycles. The van der Waals surface area contributed by atoms with Crippen molar-refractivity contribution in [2.75, 3.05) is 20.2 Å². The molecule has 1 aromatic carbocycles.